The molecule has 0 unspecified atom stereocenters. The highest BCUT2D eigenvalue weighted by molar-refractivity contribution is 6.02. The number of nitrogens with zero attached hydrogens (tertiary/aromatic N) is 1. The highest BCUT2D eigenvalue weighted by Crippen LogP contribution is 2.30. The lowest BCUT2D eigenvalue weighted by molar-refractivity contribution is -0.384. The minimum atomic E-state index is -1.41. The van der Waals surface area contributed by atoms with Gasteiger partial charge in [-0.3, -0.25) is 14.9 Å². The molecular formula is C17H11NO6. The number of carboxylic acid groups (broad SMARTS) is 1. The fourth-order valence-electron chi connectivity index (χ4n) is 2.51. The van der Waals surface area contributed by atoms with Crippen LogP contribution in [0.5, 0.6) is 0 Å². The predicted molar refractivity (Wildman–Crippen MR) is 86.3 cm³/mol. The van der Waals surface area contributed by atoms with Gasteiger partial charge < -0.3 is 9.52 Å². The topological polar surface area (TPSA) is 111 Å². The zero-order valence-electron chi connectivity index (χ0n) is 12.5. The first-order chi connectivity index (χ1) is 11.4. The van der Waals surface area contributed by atoms with Gasteiger partial charge in [-0.2, -0.15) is 0 Å². The third-order valence-corrected chi connectivity index (χ3v) is 3.68. The Kier molecular flexibility index (Phi) is 3.61. The van der Waals surface area contributed by atoms with Gasteiger partial charge in [-0.05, 0) is 6.92 Å². The van der Waals surface area contributed by atoms with E-state index in [1.807, 2.05) is 0 Å². The molecule has 0 fully saturated rings. The van der Waals surface area contributed by atoms with E-state index < -0.39 is 27.6 Å². The molecule has 3 aromatic rings. The van der Waals surface area contributed by atoms with Crippen LogP contribution in [-0.2, 0) is 0 Å². The molecule has 0 atom stereocenters. The number of aromatic carboxylic acids is 1. The fraction of sp³-hybridized carbons (Fsp3) is 0.0588. The molecule has 0 spiro atoms. The second-order valence-electron chi connectivity index (χ2n) is 5.18. The van der Waals surface area contributed by atoms with Crippen molar-refractivity contribution in [2.75, 3.05) is 0 Å². The van der Waals surface area contributed by atoms with Crippen molar-refractivity contribution in [2.24, 2.45) is 0 Å². The molecular weight excluding hydrogens is 314 g/mol. The number of non-ortho nitro benzene ring substituents is 1. The van der Waals surface area contributed by atoms with E-state index in [0.29, 0.717) is 5.56 Å². The summed E-state index contributed by atoms with van der Waals surface area (Å²) in [4.78, 5) is 34.3. The van der Waals surface area contributed by atoms with Crippen molar-refractivity contribution >= 4 is 22.6 Å². The lowest BCUT2D eigenvalue weighted by atomic mass is 10.0. The van der Waals surface area contributed by atoms with E-state index in [0.717, 1.165) is 12.1 Å². The molecule has 0 saturated carbocycles. The number of nitro benzene ring substituents is 1. The summed E-state index contributed by atoms with van der Waals surface area (Å²) in [5.41, 5.74) is -0.703. The first kappa shape index (κ1) is 15.4. The first-order valence-electron chi connectivity index (χ1n) is 6.94. The molecule has 0 aliphatic heterocycles. The van der Waals surface area contributed by atoms with E-state index in [1.165, 1.54) is 6.92 Å². The molecule has 1 aromatic heterocycles. The summed E-state index contributed by atoms with van der Waals surface area (Å²) in [6.07, 6.45) is 0. The van der Waals surface area contributed by atoms with Crippen LogP contribution in [0.25, 0.3) is 22.3 Å². The van der Waals surface area contributed by atoms with Crippen molar-refractivity contribution in [3.05, 3.63) is 73.9 Å². The number of hydrogen-bond donors (Lipinski definition) is 1. The van der Waals surface area contributed by atoms with Crippen molar-refractivity contribution < 1.29 is 19.2 Å². The summed E-state index contributed by atoms with van der Waals surface area (Å²) in [5.74, 6) is -1.17. The molecule has 0 amide bonds. The van der Waals surface area contributed by atoms with Crippen LogP contribution in [0.4, 0.5) is 5.69 Å². The quantitative estimate of drug-likeness (QED) is 0.584. The largest absolute Gasteiger partial charge is 0.478 e. The molecule has 1 heterocycles. The van der Waals surface area contributed by atoms with E-state index in [4.69, 9.17) is 4.42 Å². The van der Waals surface area contributed by atoms with Crippen LogP contribution in [-0.4, -0.2) is 16.0 Å². The summed E-state index contributed by atoms with van der Waals surface area (Å²) in [6, 6.07) is 10.7. The van der Waals surface area contributed by atoms with Crippen molar-refractivity contribution in [2.45, 2.75) is 6.92 Å². The average Bonchev–Trinajstić information content (AvgIpc) is 2.57. The molecule has 120 valence electrons. The molecule has 1 N–H and O–H groups in total. The second kappa shape index (κ2) is 5.62. The Morgan fingerprint density at radius 2 is 1.88 bits per heavy atom. The van der Waals surface area contributed by atoms with Gasteiger partial charge in [0.2, 0.25) is 0 Å². The van der Waals surface area contributed by atoms with Crippen LogP contribution < -0.4 is 5.43 Å². The smallest absolute Gasteiger partial charge is 0.339 e. The Bertz CT molecular complexity index is 1040. The van der Waals surface area contributed by atoms with Gasteiger partial charge in [0.1, 0.15) is 11.3 Å². The number of fused-ring (bicyclic) bond motifs is 1. The van der Waals surface area contributed by atoms with Gasteiger partial charge in [0.25, 0.3) is 5.69 Å². The van der Waals surface area contributed by atoms with Crippen molar-refractivity contribution in [1.29, 1.82) is 0 Å². The third-order valence-electron chi connectivity index (χ3n) is 3.68. The molecule has 2 aromatic carbocycles. The number of rotatable bonds is 3. The van der Waals surface area contributed by atoms with Crippen LogP contribution in [0.1, 0.15) is 15.9 Å². The Balaban J connectivity index is 2.46. The summed E-state index contributed by atoms with van der Waals surface area (Å²) < 4.78 is 5.68. The van der Waals surface area contributed by atoms with Gasteiger partial charge in [0, 0.05) is 23.3 Å². The average molecular weight is 325 g/mol. The lowest BCUT2D eigenvalue weighted by Gasteiger charge is -2.09. The molecule has 0 saturated heterocycles. The maximum atomic E-state index is 12.6. The molecule has 24 heavy (non-hydrogen) atoms. The van der Waals surface area contributed by atoms with Crippen LogP contribution in [0.3, 0.4) is 0 Å². The molecule has 3 rings (SSSR count). The van der Waals surface area contributed by atoms with Crippen LogP contribution >= 0.6 is 0 Å². The first-order valence-corrected chi connectivity index (χ1v) is 6.94. The number of benzene rings is 2. The Labute approximate surface area is 134 Å². The van der Waals surface area contributed by atoms with Gasteiger partial charge >= 0.3 is 5.97 Å². The summed E-state index contributed by atoms with van der Waals surface area (Å²) in [7, 11) is 0. The number of hydrogen-bond acceptors (Lipinski definition) is 5. The predicted octanol–water partition coefficient (Wildman–Crippen LogP) is 3.37. The monoisotopic (exact) mass is 325 g/mol. The maximum Gasteiger partial charge on any atom is 0.339 e. The second-order valence-corrected chi connectivity index (χ2v) is 5.18. The normalized spacial score (nSPS) is 10.7. The Morgan fingerprint density at radius 1 is 1.21 bits per heavy atom. The molecule has 0 aliphatic carbocycles. The number of carboxylic acids is 1. The SMILES string of the molecule is Cc1c(-c2ccccc2)oc2c(C(=O)O)cc([N+](=O)[O-])cc2c1=O. The van der Waals surface area contributed by atoms with E-state index in [-0.39, 0.29) is 22.3 Å². The standard InChI is InChI=1S/C17H11NO6/c1-9-14(19)12-7-11(18(22)23)8-13(17(20)21)16(12)24-15(9)10-5-3-2-4-6-10/h2-8H,1H3,(H,20,21). The molecule has 0 aliphatic rings. The fourth-order valence-corrected chi connectivity index (χ4v) is 2.51. The summed E-state index contributed by atoms with van der Waals surface area (Å²) in [6.45, 7) is 1.53. The van der Waals surface area contributed by atoms with Gasteiger partial charge in [0.15, 0.2) is 11.0 Å². The van der Waals surface area contributed by atoms with E-state index >= 15 is 0 Å². The highest BCUT2D eigenvalue weighted by atomic mass is 16.6. The van der Waals surface area contributed by atoms with Crippen LogP contribution in [0.2, 0.25) is 0 Å². The van der Waals surface area contributed by atoms with Crippen molar-refractivity contribution in [3.63, 3.8) is 0 Å². The summed E-state index contributed by atoms with van der Waals surface area (Å²) >= 11 is 0. The van der Waals surface area contributed by atoms with Crippen LogP contribution in [0, 0.1) is 17.0 Å². The molecule has 7 nitrogen and oxygen atoms in total. The Morgan fingerprint density at radius 3 is 2.46 bits per heavy atom. The highest BCUT2D eigenvalue weighted by Gasteiger charge is 2.22. The van der Waals surface area contributed by atoms with Gasteiger partial charge in [-0.25, -0.2) is 4.79 Å². The third kappa shape index (κ3) is 2.41. The summed E-state index contributed by atoms with van der Waals surface area (Å²) in [5, 5.41) is 20.2. The number of nitro groups is 1. The molecule has 7 heteroatoms. The van der Waals surface area contributed by atoms with Crippen molar-refractivity contribution in [3.8, 4) is 11.3 Å². The van der Waals surface area contributed by atoms with Gasteiger partial charge in [-0.15, -0.1) is 0 Å². The number of carbonyl (C=O) groups is 1. The minimum Gasteiger partial charge on any atom is -0.478 e. The van der Waals surface area contributed by atoms with E-state index in [2.05, 4.69) is 0 Å². The van der Waals surface area contributed by atoms with Gasteiger partial charge in [0.05, 0.1) is 10.3 Å². The lowest BCUT2D eigenvalue weighted by Crippen LogP contribution is -2.10. The Hall–Kier alpha value is -3.48. The molecule has 0 bridgehead atoms. The zero-order chi connectivity index (χ0) is 17.4. The van der Waals surface area contributed by atoms with E-state index in [9.17, 15) is 24.8 Å². The van der Waals surface area contributed by atoms with Gasteiger partial charge in [-0.1, -0.05) is 30.3 Å². The minimum absolute atomic E-state index is 0.126. The zero-order valence-corrected chi connectivity index (χ0v) is 12.5. The van der Waals surface area contributed by atoms with Crippen LogP contribution in [0.15, 0.2) is 51.7 Å². The van der Waals surface area contributed by atoms with Crippen molar-refractivity contribution in [1.82, 2.24) is 0 Å². The maximum absolute atomic E-state index is 12.6. The van der Waals surface area contributed by atoms with E-state index in [1.54, 1.807) is 30.3 Å². The molecule has 0 radical (unpaired) electrons.